The van der Waals surface area contributed by atoms with Crippen LogP contribution in [0, 0.1) is 11.6 Å². The van der Waals surface area contributed by atoms with E-state index in [4.69, 9.17) is 0 Å². The van der Waals surface area contributed by atoms with Crippen molar-refractivity contribution in [1.82, 2.24) is 19.5 Å². The zero-order chi connectivity index (χ0) is 15.3. The molecule has 0 N–H and O–H groups in total. The maximum atomic E-state index is 13.4. The van der Waals surface area contributed by atoms with Gasteiger partial charge in [-0.1, -0.05) is 0 Å². The second-order valence-corrected chi connectivity index (χ2v) is 5.26. The zero-order valence-corrected chi connectivity index (χ0v) is 11.3. The van der Waals surface area contributed by atoms with Crippen LogP contribution in [0.1, 0.15) is 18.9 Å². The van der Waals surface area contributed by atoms with Gasteiger partial charge in [-0.3, -0.25) is 9.36 Å². The average molecular weight is 300 g/mol. The van der Waals surface area contributed by atoms with Gasteiger partial charge in [-0.2, -0.15) is 0 Å². The fraction of sp³-hybridized carbons (Fsp3) is 0.200. The van der Waals surface area contributed by atoms with E-state index < -0.39 is 17.2 Å². The monoisotopic (exact) mass is 300 g/mol. The Morgan fingerprint density at radius 3 is 2.55 bits per heavy atom. The molecule has 5 nitrogen and oxygen atoms in total. The van der Waals surface area contributed by atoms with E-state index in [2.05, 4.69) is 15.0 Å². The van der Waals surface area contributed by atoms with Gasteiger partial charge in [0, 0.05) is 17.7 Å². The molecule has 1 aliphatic carbocycles. The maximum absolute atomic E-state index is 13.4. The van der Waals surface area contributed by atoms with E-state index >= 15 is 0 Å². The molecule has 2 aromatic heterocycles. The molecule has 4 rings (SSSR count). The van der Waals surface area contributed by atoms with E-state index in [1.807, 2.05) is 0 Å². The van der Waals surface area contributed by atoms with Gasteiger partial charge in [-0.25, -0.2) is 23.7 Å². The molecule has 3 aromatic rings. The van der Waals surface area contributed by atoms with Crippen LogP contribution in [0.2, 0.25) is 0 Å². The third-order valence-corrected chi connectivity index (χ3v) is 3.60. The van der Waals surface area contributed by atoms with Crippen LogP contribution in [-0.4, -0.2) is 19.5 Å². The Bertz CT molecular complexity index is 930. The second-order valence-electron chi connectivity index (χ2n) is 5.26. The van der Waals surface area contributed by atoms with Crippen molar-refractivity contribution in [3.05, 3.63) is 52.7 Å². The average Bonchev–Trinajstić information content (AvgIpc) is 3.30. The van der Waals surface area contributed by atoms with Crippen molar-refractivity contribution < 1.29 is 8.78 Å². The van der Waals surface area contributed by atoms with Crippen LogP contribution >= 0.6 is 0 Å². The molecule has 7 heteroatoms. The van der Waals surface area contributed by atoms with Crippen molar-refractivity contribution in [2.75, 3.05) is 0 Å². The normalized spacial score (nSPS) is 14.5. The van der Waals surface area contributed by atoms with Gasteiger partial charge < -0.3 is 0 Å². The van der Waals surface area contributed by atoms with Gasteiger partial charge in [0.05, 0.1) is 6.20 Å². The number of benzene rings is 1. The molecule has 1 aromatic carbocycles. The molecule has 1 aliphatic rings. The van der Waals surface area contributed by atoms with Crippen LogP contribution in [0.15, 0.2) is 35.5 Å². The van der Waals surface area contributed by atoms with Gasteiger partial charge >= 0.3 is 0 Å². The van der Waals surface area contributed by atoms with Crippen molar-refractivity contribution in [1.29, 1.82) is 0 Å². The number of hydrogen-bond acceptors (Lipinski definition) is 4. The summed E-state index contributed by atoms with van der Waals surface area (Å²) in [6.45, 7) is 0. The minimum atomic E-state index is -0.751. The summed E-state index contributed by atoms with van der Waals surface area (Å²) in [5.74, 6) is -1.50. The lowest BCUT2D eigenvalue weighted by atomic mass is 10.1. The lowest BCUT2D eigenvalue weighted by Gasteiger charge is -2.10. The molecule has 0 atom stereocenters. The molecule has 0 spiro atoms. The van der Waals surface area contributed by atoms with Gasteiger partial charge in [0.25, 0.3) is 5.56 Å². The highest BCUT2D eigenvalue weighted by Gasteiger charge is 2.28. The molecule has 1 saturated carbocycles. The second kappa shape index (κ2) is 4.66. The third-order valence-electron chi connectivity index (χ3n) is 3.60. The van der Waals surface area contributed by atoms with Crippen LogP contribution in [0.5, 0.6) is 0 Å². The molecule has 2 heterocycles. The SMILES string of the molecule is O=c1c(-c2cc(F)cc(F)c2)nc2cncnc2n1C1CC1. The highest BCUT2D eigenvalue weighted by atomic mass is 19.1. The predicted molar refractivity (Wildman–Crippen MR) is 75.2 cm³/mol. The van der Waals surface area contributed by atoms with E-state index in [1.54, 1.807) is 4.57 Å². The van der Waals surface area contributed by atoms with Crippen LogP contribution in [0.3, 0.4) is 0 Å². The van der Waals surface area contributed by atoms with Crippen LogP contribution in [0.25, 0.3) is 22.4 Å². The Kier molecular flexibility index (Phi) is 2.75. The summed E-state index contributed by atoms with van der Waals surface area (Å²) in [6, 6.07) is 3.01. The predicted octanol–water partition coefficient (Wildman–Crippen LogP) is 2.47. The Morgan fingerprint density at radius 2 is 1.86 bits per heavy atom. The minimum absolute atomic E-state index is 0.00704. The first kappa shape index (κ1) is 13.0. The van der Waals surface area contributed by atoms with Crippen molar-refractivity contribution in [2.45, 2.75) is 18.9 Å². The minimum Gasteiger partial charge on any atom is -0.286 e. The first-order valence-electron chi connectivity index (χ1n) is 6.82. The molecule has 1 fully saturated rings. The van der Waals surface area contributed by atoms with Crippen molar-refractivity contribution in [3.8, 4) is 11.3 Å². The topological polar surface area (TPSA) is 60.7 Å². The highest BCUT2D eigenvalue weighted by molar-refractivity contribution is 5.73. The fourth-order valence-corrected chi connectivity index (χ4v) is 2.51. The highest BCUT2D eigenvalue weighted by Crippen LogP contribution is 2.35. The summed E-state index contributed by atoms with van der Waals surface area (Å²) < 4.78 is 28.4. The van der Waals surface area contributed by atoms with Crippen molar-refractivity contribution >= 4 is 11.2 Å². The van der Waals surface area contributed by atoms with E-state index in [-0.39, 0.29) is 17.3 Å². The standard InChI is InChI=1S/C15H10F2N4O/c16-9-3-8(4-10(17)5-9)13-15(22)21(11-1-2-11)14-12(20-13)6-18-7-19-14/h3-7,11H,1-2H2. The fourth-order valence-electron chi connectivity index (χ4n) is 2.51. The van der Waals surface area contributed by atoms with Crippen molar-refractivity contribution in [3.63, 3.8) is 0 Å². The first-order chi connectivity index (χ1) is 10.6. The Labute approximate surface area is 123 Å². The smallest absolute Gasteiger partial charge is 0.279 e. The summed E-state index contributed by atoms with van der Waals surface area (Å²) in [6.07, 6.45) is 4.59. The number of nitrogens with zero attached hydrogens (tertiary/aromatic N) is 4. The van der Waals surface area contributed by atoms with Gasteiger partial charge in [0.1, 0.15) is 29.2 Å². The van der Waals surface area contributed by atoms with E-state index in [1.165, 1.54) is 12.5 Å². The lowest BCUT2D eigenvalue weighted by Crippen LogP contribution is -2.23. The quantitative estimate of drug-likeness (QED) is 0.729. The number of aromatic nitrogens is 4. The summed E-state index contributed by atoms with van der Waals surface area (Å²) in [5, 5.41) is 0. The maximum Gasteiger partial charge on any atom is 0.279 e. The molecule has 0 unspecified atom stereocenters. The lowest BCUT2D eigenvalue weighted by molar-refractivity contribution is 0.584. The molecule has 110 valence electrons. The molecule has 0 aliphatic heterocycles. The Balaban J connectivity index is 2.06. The molecular formula is C15H10F2N4O. The van der Waals surface area contributed by atoms with Gasteiger partial charge in [-0.05, 0) is 25.0 Å². The molecule has 0 saturated heterocycles. The van der Waals surface area contributed by atoms with Crippen molar-refractivity contribution in [2.24, 2.45) is 0 Å². The van der Waals surface area contributed by atoms with Gasteiger partial charge in [0.2, 0.25) is 0 Å². The number of fused-ring (bicyclic) bond motifs is 1. The van der Waals surface area contributed by atoms with E-state index in [0.717, 1.165) is 31.0 Å². The van der Waals surface area contributed by atoms with E-state index in [9.17, 15) is 13.6 Å². The Morgan fingerprint density at radius 1 is 1.14 bits per heavy atom. The largest absolute Gasteiger partial charge is 0.286 e. The third kappa shape index (κ3) is 2.05. The summed E-state index contributed by atoms with van der Waals surface area (Å²) >= 11 is 0. The molecule has 22 heavy (non-hydrogen) atoms. The summed E-state index contributed by atoms with van der Waals surface area (Å²) in [4.78, 5) is 24.9. The molecule has 0 radical (unpaired) electrons. The number of rotatable bonds is 2. The van der Waals surface area contributed by atoms with Crippen LogP contribution < -0.4 is 5.56 Å². The van der Waals surface area contributed by atoms with Crippen LogP contribution in [0.4, 0.5) is 8.78 Å². The summed E-state index contributed by atoms with van der Waals surface area (Å²) in [7, 11) is 0. The van der Waals surface area contributed by atoms with Gasteiger partial charge in [-0.15, -0.1) is 0 Å². The molecular weight excluding hydrogens is 290 g/mol. The summed E-state index contributed by atoms with van der Waals surface area (Å²) in [5.41, 5.74) is 0.603. The zero-order valence-electron chi connectivity index (χ0n) is 11.3. The van der Waals surface area contributed by atoms with E-state index in [0.29, 0.717) is 11.2 Å². The number of halogens is 2. The Hall–Kier alpha value is -2.70. The number of hydrogen-bond donors (Lipinski definition) is 0. The molecule has 0 amide bonds. The first-order valence-corrected chi connectivity index (χ1v) is 6.82. The molecule has 0 bridgehead atoms. The van der Waals surface area contributed by atoms with Crippen LogP contribution in [-0.2, 0) is 0 Å². The van der Waals surface area contributed by atoms with Gasteiger partial charge in [0.15, 0.2) is 5.65 Å².